The van der Waals surface area contributed by atoms with Crippen LogP contribution in [0, 0.1) is 5.92 Å². The molecule has 0 saturated heterocycles. The van der Waals surface area contributed by atoms with E-state index in [1.165, 1.54) is 7.11 Å². The van der Waals surface area contributed by atoms with Gasteiger partial charge in [0.05, 0.1) is 12.7 Å². The van der Waals surface area contributed by atoms with E-state index in [4.69, 9.17) is 5.11 Å². The van der Waals surface area contributed by atoms with Gasteiger partial charge in [0.1, 0.15) is 6.04 Å². The third-order valence-electron chi connectivity index (χ3n) is 3.26. The molecule has 0 aliphatic carbocycles. The molecule has 1 amide bonds. The molecule has 0 bridgehead atoms. The summed E-state index contributed by atoms with van der Waals surface area (Å²) in [4.78, 5) is 34.1. The number of carboxylic acid groups (broad SMARTS) is 1. The number of rotatable bonds is 7. The average molecular weight is 307 g/mol. The summed E-state index contributed by atoms with van der Waals surface area (Å²) >= 11 is 0. The molecule has 22 heavy (non-hydrogen) atoms. The molecule has 0 aliphatic rings. The number of hydrogen-bond donors (Lipinski definition) is 2. The summed E-state index contributed by atoms with van der Waals surface area (Å²) < 4.78 is 4.60. The second-order valence-corrected chi connectivity index (χ2v) is 5.32. The molecule has 1 aromatic rings. The highest BCUT2D eigenvalue weighted by Crippen LogP contribution is 2.09. The van der Waals surface area contributed by atoms with Crippen LogP contribution in [0.2, 0.25) is 0 Å². The zero-order chi connectivity index (χ0) is 16.7. The van der Waals surface area contributed by atoms with Gasteiger partial charge in [-0.25, -0.2) is 9.59 Å². The molecule has 0 spiro atoms. The summed E-state index contributed by atoms with van der Waals surface area (Å²) in [5.74, 6) is -1.93. The number of amides is 1. The molecule has 0 heterocycles. The predicted molar refractivity (Wildman–Crippen MR) is 80.5 cm³/mol. The summed E-state index contributed by atoms with van der Waals surface area (Å²) in [5.41, 5.74) is 1.33. The molecule has 0 aliphatic heterocycles. The van der Waals surface area contributed by atoms with Gasteiger partial charge in [-0.2, -0.15) is 0 Å². The molecule has 0 unspecified atom stereocenters. The van der Waals surface area contributed by atoms with E-state index in [1.807, 2.05) is 0 Å². The van der Waals surface area contributed by atoms with Gasteiger partial charge in [0.25, 0.3) is 0 Å². The number of nitrogens with one attached hydrogen (secondary N) is 1. The van der Waals surface area contributed by atoms with E-state index in [-0.39, 0.29) is 18.2 Å². The molecule has 120 valence electrons. The van der Waals surface area contributed by atoms with Crippen molar-refractivity contribution in [1.29, 1.82) is 0 Å². The van der Waals surface area contributed by atoms with E-state index >= 15 is 0 Å². The van der Waals surface area contributed by atoms with Crippen LogP contribution in [0.5, 0.6) is 0 Å². The smallest absolute Gasteiger partial charge is 0.337 e. The highest BCUT2D eigenvalue weighted by Gasteiger charge is 2.23. The van der Waals surface area contributed by atoms with Crippen LogP contribution in [-0.2, 0) is 20.7 Å². The van der Waals surface area contributed by atoms with Gasteiger partial charge in [0, 0.05) is 6.42 Å². The average Bonchev–Trinajstić information content (AvgIpc) is 2.49. The first kappa shape index (κ1) is 17.7. The quantitative estimate of drug-likeness (QED) is 0.747. The van der Waals surface area contributed by atoms with E-state index in [2.05, 4.69) is 10.1 Å². The number of carboxylic acids is 1. The van der Waals surface area contributed by atoms with Crippen LogP contribution >= 0.6 is 0 Å². The zero-order valence-corrected chi connectivity index (χ0v) is 13.0. The number of methoxy groups -OCH3 is 1. The van der Waals surface area contributed by atoms with Crippen molar-refractivity contribution in [3.63, 3.8) is 0 Å². The SMILES string of the molecule is COC(=O)c1ccc(CCC(=O)N[C@@H](C(=O)O)C(C)C)cc1. The van der Waals surface area contributed by atoms with Crippen molar-refractivity contribution in [2.24, 2.45) is 5.92 Å². The Labute approximate surface area is 129 Å². The van der Waals surface area contributed by atoms with Crippen LogP contribution in [0.1, 0.15) is 36.2 Å². The van der Waals surface area contributed by atoms with Gasteiger partial charge in [0.15, 0.2) is 0 Å². The summed E-state index contributed by atoms with van der Waals surface area (Å²) in [6.07, 6.45) is 0.659. The second-order valence-electron chi connectivity index (χ2n) is 5.32. The van der Waals surface area contributed by atoms with E-state index in [1.54, 1.807) is 38.1 Å². The molecule has 1 atom stereocenters. The van der Waals surface area contributed by atoms with E-state index in [0.29, 0.717) is 12.0 Å². The Hall–Kier alpha value is -2.37. The fourth-order valence-corrected chi connectivity index (χ4v) is 1.94. The van der Waals surface area contributed by atoms with Crippen molar-refractivity contribution in [2.75, 3.05) is 7.11 Å². The van der Waals surface area contributed by atoms with Crippen molar-refractivity contribution in [2.45, 2.75) is 32.7 Å². The maximum atomic E-state index is 11.8. The van der Waals surface area contributed by atoms with Gasteiger partial charge in [-0.15, -0.1) is 0 Å². The first-order valence-corrected chi connectivity index (χ1v) is 7.04. The largest absolute Gasteiger partial charge is 0.480 e. The highest BCUT2D eigenvalue weighted by atomic mass is 16.5. The highest BCUT2D eigenvalue weighted by molar-refractivity contribution is 5.89. The molecule has 6 heteroatoms. The van der Waals surface area contributed by atoms with E-state index in [0.717, 1.165) is 5.56 Å². The minimum absolute atomic E-state index is 0.180. The first-order chi connectivity index (χ1) is 10.3. The number of aryl methyl sites for hydroxylation is 1. The Balaban J connectivity index is 2.53. The van der Waals surface area contributed by atoms with E-state index < -0.39 is 18.0 Å². The third-order valence-corrected chi connectivity index (χ3v) is 3.26. The number of carbonyl (C=O) groups excluding carboxylic acids is 2. The number of esters is 1. The van der Waals surface area contributed by atoms with E-state index in [9.17, 15) is 14.4 Å². The molecule has 1 rings (SSSR count). The number of benzene rings is 1. The Morgan fingerprint density at radius 1 is 1.18 bits per heavy atom. The molecule has 6 nitrogen and oxygen atoms in total. The Kier molecular flexibility index (Phi) is 6.56. The predicted octanol–water partition coefficient (Wildman–Crippen LogP) is 1.63. The van der Waals surface area contributed by atoms with Crippen LogP contribution in [0.3, 0.4) is 0 Å². The van der Waals surface area contributed by atoms with Crippen LogP contribution in [0.4, 0.5) is 0 Å². The Morgan fingerprint density at radius 2 is 1.77 bits per heavy atom. The maximum absolute atomic E-state index is 11.8. The van der Waals surface area contributed by atoms with Gasteiger partial charge < -0.3 is 15.2 Å². The summed E-state index contributed by atoms with van der Waals surface area (Å²) in [6.45, 7) is 3.48. The lowest BCUT2D eigenvalue weighted by Gasteiger charge is -2.17. The molecule has 0 fully saturated rings. The van der Waals surface area contributed by atoms with Crippen molar-refractivity contribution in [3.05, 3.63) is 35.4 Å². The lowest BCUT2D eigenvalue weighted by atomic mass is 10.0. The summed E-state index contributed by atoms with van der Waals surface area (Å²) in [7, 11) is 1.31. The standard InChI is InChI=1S/C16H21NO5/c1-10(2)14(15(19)20)17-13(18)9-6-11-4-7-12(8-5-11)16(21)22-3/h4-5,7-8,10,14H,6,9H2,1-3H3,(H,17,18)(H,19,20)/t14-/m1/s1. The molecule has 0 aromatic heterocycles. The van der Waals surface area contributed by atoms with Gasteiger partial charge in [-0.05, 0) is 30.0 Å². The maximum Gasteiger partial charge on any atom is 0.337 e. The fraction of sp³-hybridized carbons (Fsp3) is 0.438. The van der Waals surface area contributed by atoms with Gasteiger partial charge in [-0.1, -0.05) is 26.0 Å². The molecule has 0 radical (unpaired) electrons. The number of carbonyl (C=O) groups is 3. The summed E-state index contributed by atoms with van der Waals surface area (Å²) in [6, 6.07) is 5.88. The van der Waals surface area contributed by atoms with Gasteiger partial charge in [-0.3, -0.25) is 4.79 Å². The topological polar surface area (TPSA) is 92.7 Å². The zero-order valence-electron chi connectivity index (χ0n) is 13.0. The molecular formula is C16H21NO5. The second kappa shape index (κ2) is 8.17. The number of hydrogen-bond acceptors (Lipinski definition) is 4. The number of ether oxygens (including phenoxy) is 1. The lowest BCUT2D eigenvalue weighted by Crippen LogP contribution is -2.44. The molecule has 2 N–H and O–H groups in total. The van der Waals surface area contributed by atoms with Gasteiger partial charge in [0.2, 0.25) is 5.91 Å². The van der Waals surface area contributed by atoms with Crippen molar-refractivity contribution in [3.8, 4) is 0 Å². The Bertz CT molecular complexity index is 536. The lowest BCUT2D eigenvalue weighted by molar-refractivity contribution is -0.143. The fourth-order valence-electron chi connectivity index (χ4n) is 1.94. The number of aliphatic carboxylic acids is 1. The Morgan fingerprint density at radius 3 is 2.23 bits per heavy atom. The van der Waals surface area contributed by atoms with Crippen LogP contribution in [0.15, 0.2) is 24.3 Å². The summed E-state index contributed by atoms with van der Waals surface area (Å²) in [5, 5.41) is 11.5. The van der Waals surface area contributed by atoms with Crippen LogP contribution in [0.25, 0.3) is 0 Å². The van der Waals surface area contributed by atoms with Crippen molar-refractivity contribution in [1.82, 2.24) is 5.32 Å². The monoisotopic (exact) mass is 307 g/mol. The van der Waals surface area contributed by atoms with Crippen molar-refractivity contribution >= 4 is 17.8 Å². The first-order valence-electron chi connectivity index (χ1n) is 7.04. The van der Waals surface area contributed by atoms with Gasteiger partial charge >= 0.3 is 11.9 Å². The molecular weight excluding hydrogens is 286 g/mol. The molecule has 0 saturated carbocycles. The minimum atomic E-state index is -1.04. The normalized spacial score (nSPS) is 11.8. The van der Waals surface area contributed by atoms with Crippen LogP contribution < -0.4 is 5.32 Å². The minimum Gasteiger partial charge on any atom is -0.480 e. The third kappa shape index (κ3) is 5.20. The molecule has 1 aromatic carbocycles. The van der Waals surface area contributed by atoms with Crippen LogP contribution in [-0.4, -0.2) is 36.1 Å². The van der Waals surface area contributed by atoms with Crippen molar-refractivity contribution < 1.29 is 24.2 Å².